The van der Waals surface area contributed by atoms with Gasteiger partial charge in [-0.05, 0) is 38.8 Å². The maximum Gasteiger partial charge on any atom is 0.407 e. The van der Waals surface area contributed by atoms with E-state index in [4.69, 9.17) is 10.5 Å². The van der Waals surface area contributed by atoms with E-state index in [1.165, 1.54) is 0 Å². The minimum atomic E-state index is -0.473. The van der Waals surface area contributed by atoms with Crippen molar-refractivity contribution in [1.29, 1.82) is 0 Å². The molecule has 0 aliphatic carbocycles. The molecule has 0 aliphatic rings. The number of para-hydroxylation sites is 1. The van der Waals surface area contributed by atoms with E-state index in [-0.39, 0.29) is 0 Å². The number of anilines is 1. The number of amides is 1. The van der Waals surface area contributed by atoms with Crippen LogP contribution in [0.4, 0.5) is 10.5 Å². The summed E-state index contributed by atoms with van der Waals surface area (Å²) in [6.45, 7) is 6.05. The number of nitrogens with two attached hydrogens (primary N) is 1. The number of nitrogen functional groups attached to an aromatic ring is 1. The molecule has 0 atom stereocenters. The van der Waals surface area contributed by atoms with Gasteiger partial charge in [0.05, 0.1) is 11.2 Å². The highest BCUT2D eigenvalue weighted by Crippen LogP contribution is 2.23. The Morgan fingerprint density at radius 3 is 2.85 bits per heavy atom. The van der Waals surface area contributed by atoms with E-state index in [2.05, 4.69) is 10.3 Å². The molecule has 0 saturated carbocycles. The standard InChI is InChI=1S/C15H21N3O2/c1-15(2,3)20-14(19)17-8-7-10-9-18-13-11(10)5-4-6-12(13)16/h4-6,9,18H,7-8,16H2,1-3H3,(H,17,19). The lowest BCUT2D eigenvalue weighted by Crippen LogP contribution is -2.33. The number of fused-ring (bicyclic) bond motifs is 1. The highest BCUT2D eigenvalue weighted by atomic mass is 16.6. The second-order valence-corrected chi connectivity index (χ2v) is 5.76. The minimum Gasteiger partial charge on any atom is -0.444 e. The second-order valence-electron chi connectivity index (χ2n) is 5.76. The fraction of sp³-hybridized carbons (Fsp3) is 0.400. The Morgan fingerprint density at radius 2 is 2.15 bits per heavy atom. The molecule has 0 bridgehead atoms. The topological polar surface area (TPSA) is 80.1 Å². The molecule has 20 heavy (non-hydrogen) atoms. The average molecular weight is 275 g/mol. The van der Waals surface area contributed by atoms with Crippen LogP contribution in [0, 0.1) is 0 Å². The predicted molar refractivity (Wildman–Crippen MR) is 80.7 cm³/mol. The molecular weight excluding hydrogens is 254 g/mol. The third-order valence-corrected chi connectivity index (χ3v) is 2.90. The van der Waals surface area contributed by atoms with Crippen LogP contribution in [0.3, 0.4) is 0 Å². The lowest BCUT2D eigenvalue weighted by Gasteiger charge is -2.19. The Labute approximate surface area is 118 Å². The van der Waals surface area contributed by atoms with Gasteiger partial charge in [-0.2, -0.15) is 0 Å². The summed E-state index contributed by atoms with van der Waals surface area (Å²) in [5, 5.41) is 3.84. The lowest BCUT2D eigenvalue weighted by atomic mass is 10.1. The molecular formula is C15H21N3O2. The van der Waals surface area contributed by atoms with Crippen molar-refractivity contribution < 1.29 is 9.53 Å². The maximum atomic E-state index is 11.5. The van der Waals surface area contributed by atoms with E-state index in [0.717, 1.165) is 28.6 Å². The van der Waals surface area contributed by atoms with Crippen LogP contribution >= 0.6 is 0 Å². The number of rotatable bonds is 3. The second kappa shape index (κ2) is 5.45. The first-order valence-electron chi connectivity index (χ1n) is 6.68. The third-order valence-electron chi connectivity index (χ3n) is 2.90. The van der Waals surface area contributed by atoms with Gasteiger partial charge in [-0.3, -0.25) is 0 Å². The summed E-state index contributed by atoms with van der Waals surface area (Å²) in [6.07, 6.45) is 2.26. The summed E-state index contributed by atoms with van der Waals surface area (Å²) < 4.78 is 5.19. The van der Waals surface area contributed by atoms with Crippen molar-refractivity contribution in [2.75, 3.05) is 12.3 Å². The number of ether oxygens (including phenoxy) is 1. The third kappa shape index (κ3) is 3.44. The van der Waals surface area contributed by atoms with E-state index < -0.39 is 11.7 Å². The van der Waals surface area contributed by atoms with Crippen LogP contribution in [0.5, 0.6) is 0 Å². The molecule has 2 rings (SSSR count). The fourth-order valence-electron chi connectivity index (χ4n) is 2.06. The molecule has 5 heteroatoms. The molecule has 1 aromatic heterocycles. The Bertz CT molecular complexity index is 611. The van der Waals surface area contributed by atoms with Crippen molar-refractivity contribution in [3.63, 3.8) is 0 Å². The molecule has 4 N–H and O–H groups in total. The van der Waals surface area contributed by atoms with Gasteiger partial charge in [0.1, 0.15) is 5.60 Å². The molecule has 2 aromatic rings. The summed E-state index contributed by atoms with van der Waals surface area (Å²) in [7, 11) is 0. The zero-order chi connectivity index (χ0) is 14.8. The lowest BCUT2D eigenvalue weighted by molar-refractivity contribution is 0.0528. The van der Waals surface area contributed by atoms with Gasteiger partial charge in [-0.1, -0.05) is 12.1 Å². The van der Waals surface area contributed by atoms with Gasteiger partial charge in [0.25, 0.3) is 0 Å². The van der Waals surface area contributed by atoms with Crippen molar-refractivity contribution in [3.8, 4) is 0 Å². The molecule has 1 heterocycles. The number of hydrogen-bond acceptors (Lipinski definition) is 3. The van der Waals surface area contributed by atoms with E-state index in [9.17, 15) is 4.79 Å². The van der Waals surface area contributed by atoms with Crippen LogP contribution in [0.15, 0.2) is 24.4 Å². The molecule has 108 valence electrons. The zero-order valence-electron chi connectivity index (χ0n) is 12.1. The highest BCUT2D eigenvalue weighted by Gasteiger charge is 2.15. The Balaban J connectivity index is 1.94. The van der Waals surface area contributed by atoms with Crippen LogP contribution in [0.25, 0.3) is 10.9 Å². The van der Waals surface area contributed by atoms with E-state index in [0.29, 0.717) is 6.54 Å². The summed E-state index contributed by atoms with van der Waals surface area (Å²) >= 11 is 0. The van der Waals surface area contributed by atoms with Gasteiger partial charge in [0.15, 0.2) is 0 Å². The normalized spacial score (nSPS) is 11.6. The molecule has 0 saturated heterocycles. The number of H-pyrrole nitrogens is 1. The number of aromatic nitrogens is 1. The number of nitrogens with one attached hydrogen (secondary N) is 2. The zero-order valence-corrected chi connectivity index (χ0v) is 12.1. The predicted octanol–water partition coefficient (Wildman–Crippen LogP) is 2.82. The number of hydrogen-bond donors (Lipinski definition) is 3. The van der Waals surface area contributed by atoms with Crippen LogP contribution in [-0.2, 0) is 11.2 Å². The van der Waals surface area contributed by atoms with Crippen LogP contribution in [-0.4, -0.2) is 23.2 Å². The van der Waals surface area contributed by atoms with Gasteiger partial charge in [0.2, 0.25) is 0 Å². The summed E-state index contributed by atoms with van der Waals surface area (Å²) in [5.74, 6) is 0. The van der Waals surface area contributed by atoms with Gasteiger partial charge in [0, 0.05) is 18.1 Å². The number of alkyl carbamates (subject to hydrolysis) is 1. The average Bonchev–Trinajstić information content (AvgIpc) is 2.72. The first-order chi connectivity index (χ1) is 9.37. The SMILES string of the molecule is CC(C)(C)OC(=O)NCCc1c[nH]c2c(N)cccc12. The van der Waals surface area contributed by atoms with Crippen LogP contribution < -0.4 is 11.1 Å². The first kappa shape index (κ1) is 14.2. The maximum absolute atomic E-state index is 11.5. The van der Waals surface area contributed by atoms with Crippen LogP contribution in [0.2, 0.25) is 0 Å². The monoisotopic (exact) mass is 275 g/mol. The van der Waals surface area contributed by atoms with Gasteiger partial charge >= 0.3 is 6.09 Å². The highest BCUT2D eigenvalue weighted by molar-refractivity contribution is 5.92. The summed E-state index contributed by atoms with van der Waals surface area (Å²) in [5.41, 5.74) is 8.22. The van der Waals surface area contributed by atoms with Crippen molar-refractivity contribution in [2.24, 2.45) is 0 Å². The molecule has 1 aromatic carbocycles. The molecule has 0 unspecified atom stereocenters. The summed E-state index contributed by atoms with van der Waals surface area (Å²) in [4.78, 5) is 14.7. The number of carbonyl (C=O) groups is 1. The number of aromatic amines is 1. The molecule has 5 nitrogen and oxygen atoms in total. The Morgan fingerprint density at radius 1 is 1.40 bits per heavy atom. The summed E-state index contributed by atoms with van der Waals surface area (Å²) in [6, 6.07) is 5.81. The van der Waals surface area contributed by atoms with Gasteiger partial charge < -0.3 is 20.8 Å². The van der Waals surface area contributed by atoms with Crippen molar-refractivity contribution in [3.05, 3.63) is 30.0 Å². The van der Waals surface area contributed by atoms with E-state index in [1.54, 1.807) is 0 Å². The van der Waals surface area contributed by atoms with Crippen molar-refractivity contribution in [1.82, 2.24) is 10.3 Å². The molecule has 0 spiro atoms. The van der Waals surface area contributed by atoms with Crippen LogP contribution in [0.1, 0.15) is 26.3 Å². The Hall–Kier alpha value is -2.17. The largest absolute Gasteiger partial charge is 0.444 e. The van der Waals surface area contributed by atoms with E-state index >= 15 is 0 Å². The fourth-order valence-corrected chi connectivity index (χ4v) is 2.06. The Kier molecular flexibility index (Phi) is 3.88. The number of benzene rings is 1. The van der Waals surface area contributed by atoms with Crippen molar-refractivity contribution >= 4 is 22.7 Å². The van der Waals surface area contributed by atoms with E-state index in [1.807, 2.05) is 45.2 Å². The quantitative estimate of drug-likeness (QED) is 0.753. The molecule has 0 radical (unpaired) electrons. The molecule has 1 amide bonds. The first-order valence-corrected chi connectivity index (χ1v) is 6.68. The van der Waals surface area contributed by atoms with Gasteiger partial charge in [-0.15, -0.1) is 0 Å². The smallest absolute Gasteiger partial charge is 0.407 e. The van der Waals surface area contributed by atoms with Crippen molar-refractivity contribution in [2.45, 2.75) is 32.8 Å². The van der Waals surface area contributed by atoms with Gasteiger partial charge in [-0.25, -0.2) is 4.79 Å². The molecule has 0 aliphatic heterocycles. The number of carbonyl (C=O) groups excluding carboxylic acids is 1. The molecule has 0 fully saturated rings. The minimum absolute atomic E-state index is 0.392.